The van der Waals surface area contributed by atoms with Gasteiger partial charge in [-0.25, -0.2) is 4.39 Å². The van der Waals surface area contributed by atoms with E-state index in [2.05, 4.69) is 4.99 Å². The van der Waals surface area contributed by atoms with E-state index in [1.165, 1.54) is 45.0 Å². The van der Waals surface area contributed by atoms with Crippen LogP contribution in [0.3, 0.4) is 0 Å². The van der Waals surface area contributed by atoms with Crippen LogP contribution in [-0.4, -0.2) is 30.1 Å². The summed E-state index contributed by atoms with van der Waals surface area (Å²) in [6.07, 6.45) is -4.68. The second-order valence-electron chi connectivity index (χ2n) is 4.97. The molecule has 1 aromatic rings. The van der Waals surface area contributed by atoms with Crippen LogP contribution in [0.4, 0.5) is 17.6 Å². The minimum Gasteiger partial charge on any atom is -0.548 e. The Morgan fingerprint density at radius 3 is 1.71 bits per heavy atom. The van der Waals surface area contributed by atoms with E-state index >= 15 is 0 Å². The molecule has 1 aromatic carbocycles. The SMILES string of the molecule is CC.CC(C)(C)F.O=C([O-])CN=C(c1ccccc1)C(F)(F)F.[K+]. The molecule has 0 saturated heterocycles. The Bertz CT molecular complexity index is 477. The van der Waals surface area contributed by atoms with Crippen molar-refractivity contribution in [3.8, 4) is 0 Å². The molecule has 24 heavy (non-hydrogen) atoms. The van der Waals surface area contributed by atoms with E-state index in [0.29, 0.717) is 0 Å². The van der Waals surface area contributed by atoms with E-state index in [9.17, 15) is 27.5 Å². The minimum atomic E-state index is -4.68. The van der Waals surface area contributed by atoms with Gasteiger partial charge >= 0.3 is 57.6 Å². The first kappa shape index (κ1) is 28.5. The quantitative estimate of drug-likeness (QED) is 0.441. The Morgan fingerprint density at radius 2 is 1.42 bits per heavy atom. The normalized spacial score (nSPS) is 11.1. The van der Waals surface area contributed by atoms with Gasteiger partial charge in [-0.2, -0.15) is 13.2 Å². The van der Waals surface area contributed by atoms with Crippen LogP contribution in [0, 0.1) is 0 Å². The van der Waals surface area contributed by atoms with Gasteiger partial charge in [0.25, 0.3) is 0 Å². The molecule has 0 N–H and O–H groups in total. The van der Waals surface area contributed by atoms with Gasteiger partial charge in [-0.3, -0.25) is 4.99 Å². The van der Waals surface area contributed by atoms with Crippen LogP contribution in [0.1, 0.15) is 40.2 Å². The van der Waals surface area contributed by atoms with Crippen molar-refractivity contribution in [3.05, 3.63) is 35.9 Å². The number of halogens is 4. The fourth-order valence-electron chi connectivity index (χ4n) is 1.08. The van der Waals surface area contributed by atoms with Crippen molar-refractivity contribution in [3.63, 3.8) is 0 Å². The molecule has 132 valence electrons. The van der Waals surface area contributed by atoms with Crippen LogP contribution in [0.15, 0.2) is 35.3 Å². The summed E-state index contributed by atoms with van der Waals surface area (Å²) in [4.78, 5) is 13.1. The van der Waals surface area contributed by atoms with Crippen molar-refractivity contribution in [2.75, 3.05) is 6.54 Å². The number of alkyl halides is 4. The molecule has 0 unspecified atom stereocenters. The first-order chi connectivity index (χ1) is 10.4. The van der Waals surface area contributed by atoms with E-state index < -0.39 is 30.1 Å². The third-order valence-electron chi connectivity index (χ3n) is 1.68. The van der Waals surface area contributed by atoms with Crippen LogP contribution in [0.25, 0.3) is 0 Å². The molecule has 0 heterocycles. The fourth-order valence-corrected chi connectivity index (χ4v) is 1.08. The first-order valence-electron chi connectivity index (χ1n) is 6.97. The number of carbonyl (C=O) groups excluding carboxylic acids is 1. The first-order valence-corrected chi connectivity index (χ1v) is 6.97. The number of benzene rings is 1. The van der Waals surface area contributed by atoms with Gasteiger partial charge in [-0.15, -0.1) is 0 Å². The maximum absolute atomic E-state index is 12.5. The van der Waals surface area contributed by atoms with E-state index in [1.54, 1.807) is 6.07 Å². The zero-order valence-electron chi connectivity index (χ0n) is 14.9. The van der Waals surface area contributed by atoms with Crippen molar-refractivity contribution in [2.45, 2.75) is 46.5 Å². The summed E-state index contributed by atoms with van der Waals surface area (Å²) in [6.45, 7) is 7.55. The maximum atomic E-state index is 12.5. The van der Waals surface area contributed by atoms with Crippen molar-refractivity contribution in [1.82, 2.24) is 0 Å². The number of aliphatic imine (C=N–C) groups is 1. The van der Waals surface area contributed by atoms with Crippen molar-refractivity contribution < 1.29 is 78.8 Å². The van der Waals surface area contributed by atoms with E-state index in [1.807, 2.05) is 13.8 Å². The number of nitrogens with zero attached hydrogens (tertiary/aromatic N) is 1. The van der Waals surface area contributed by atoms with Crippen molar-refractivity contribution in [1.29, 1.82) is 0 Å². The predicted molar refractivity (Wildman–Crippen MR) is 81.1 cm³/mol. The summed E-state index contributed by atoms with van der Waals surface area (Å²) in [5, 5.41) is 10.1. The molecule has 0 radical (unpaired) electrons. The number of carboxylic acid groups (broad SMARTS) is 1. The van der Waals surface area contributed by atoms with Crippen LogP contribution in [0.5, 0.6) is 0 Å². The standard InChI is InChI=1S/C10H8F3NO2.C4H9F.C2H6.K/c11-10(12,13)9(14-6-8(15)16)7-4-2-1-3-5-7;1-4(2,3)5;1-2;/h1-5H,6H2,(H,15,16);1-3H3;1-2H3;/q;;;+1/p-1. The zero-order chi connectivity index (χ0) is 18.7. The molecule has 1 rings (SSSR count). The van der Waals surface area contributed by atoms with Crippen LogP contribution >= 0.6 is 0 Å². The molecular weight excluding hydrogens is 353 g/mol. The topological polar surface area (TPSA) is 52.5 Å². The largest absolute Gasteiger partial charge is 1.00 e. The van der Waals surface area contributed by atoms with Gasteiger partial charge in [0.1, 0.15) is 11.4 Å². The second kappa shape index (κ2) is 13.9. The van der Waals surface area contributed by atoms with E-state index in [-0.39, 0.29) is 56.9 Å². The number of aliphatic carboxylic acids is 1. The van der Waals surface area contributed by atoms with E-state index in [4.69, 9.17) is 0 Å². The number of hydrogen-bond acceptors (Lipinski definition) is 3. The molecule has 0 spiro atoms. The number of rotatable bonds is 3. The molecular formula is C16H22F4KNO2. The van der Waals surface area contributed by atoms with Gasteiger partial charge in [0, 0.05) is 5.56 Å². The van der Waals surface area contributed by atoms with Gasteiger partial charge in [0.05, 0.1) is 12.5 Å². The Hall–Kier alpha value is -0.284. The molecule has 0 bridgehead atoms. The van der Waals surface area contributed by atoms with Gasteiger partial charge in [0.15, 0.2) is 0 Å². The predicted octanol–water partition coefficient (Wildman–Crippen LogP) is 0.573. The third-order valence-corrected chi connectivity index (χ3v) is 1.68. The monoisotopic (exact) mass is 375 g/mol. The molecule has 0 aliphatic rings. The van der Waals surface area contributed by atoms with Crippen LogP contribution in [0.2, 0.25) is 0 Å². The average Bonchev–Trinajstić information content (AvgIpc) is 2.38. The molecule has 3 nitrogen and oxygen atoms in total. The van der Waals surface area contributed by atoms with Crippen LogP contribution < -0.4 is 56.5 Å². The summed E-state index contributed by atoms with van der Waals surface area (Å²) >= 11 is 0. The molecule has 0 atom stereocenters. The smallest absolute Gasteiger partial charge is 0.548 e. The minimum absolute atomic E-state index is 0. The maximum Gasteiger partial charge on any atom is 1.00 e. The van der Waals surface area contributed by atoms with Gasteiger partial charge < -0.3 is 9.90 Å². The Kier molecular flexibility index (Phi) is 16.6. The average molecular weight is 375 g/mol. The Labute approximate surface area is 183 Å². The summed E-state index contributed by atoms with van der Waals surface area (Å²) in [6, 6.07) is 6.80. The Morgan fingerprint density at radius 1 is 1.04 bits per heavy atom. The molecule has 0 aromatic heterocycles. The van der Waals surface area contributed by atoms with Gasteiger partial charge in [-0.05, 0) is 20.8 Å². The molecule has 8 heteroatoms. The summed E-state index contributed by atoms with van der Waals surface area (Å²) in [5.41, 5.74) is -2.38. The Balaban J connectivity index is -0.000000474. The fraction of sp³-hybridized carbons (Fsp3) is 0.500. The molecule has 0 amide bonds. The summed E-state index contributed by atoms with van der Waals surface area (Å²) < 4.78 is 49.2. The summed E-state index contributed by atoms with van der Waals surface area (Å²) in [7, 11) is 0. The summed E-state index contributed by atoms with van der Waals surface area (Å²) in [5.74, 6) is -1.65. The van der Waals surface area contributed by atoms with Crippen molar-refractivity contribution in [2.24, 2.45) is 4.99 Å². The van der Waals surface area contributed by atoms with Crippen molar-refractivity contribution >= 4 is 11.7 Å². The third kappa shape index (κ3) is 18.1. The molecule has 0 fully saturated rings. The van der Waals surface area contributed by atoms with Crippen LogP contribution in [-0.2, 0) is 4.79 Å². The molecule has 0 aliphatic carbocycles. The number of hydrogen-bond donors (Lipinski definition) is 0. The van der Waals surface area contributed by atoms with Gasteiger partial charge in [0.2, 0.25) is 0 Å². The second-order valence-corrected chi connectivity index (χ2v) is 4.97. The molecule has 0 saturated carbocycles. The van der Waals surface area contributed by atoms with Gasteiger partial charge in [-0.1, -0.05) is 44.2 Å². The number of carboxylic acids is 1. The van der Waals surface area contributed by atoms with E-state index in [0.717, 1.165) is 0 Å². The zero-order valence-corrected chi connectivity index (χ0v) is 18.0. The molecule has 0 aliphatic heterocycles. The number of carbonyl (C=O) groups is 1.